The molecule has 0 saturated carbocycles. The molecule has 21 heavy (non-hydrogen) atoms. The highest BCUT2D eigenvalue weighted by atomic mass is 16.5. The van der Waals surface area contributed by atoms with Gasteiger partial charge in [-0.2, -0.15) is 0 Å². The zero-order valence-corrected chi connectivity index (χ0v) is 12.5. The molecule has 1 aliphatic rings. The maximum atomic E-state index is 6.37. The Morgan fingerprint density at radius 1 is 1.14 bits per heavy atom. The summed E-state index contributed by atoms with van der Waals surface area (Å²) >= 11 is 0. The van der Waals surface area contributed by atoms with Gasteiger partial charge in [0.1, 0.15) is 5.75 Å². The van der Waals surface area contributed by atoms with Crippen LogP contribution in [0.5, 0.6) is 5.75 Å². The molecule has 0 fully saturated rings. The van der Waals surface area contributed by atoms with Crippen molar-refractivity contribution in [1.82, 2.24) is 0 Å². The molecular formula is C18H22N2O. The van der Waals surface area contributed by atoms with Gasteiger partial charge in [0, 0.05) is 24.8 Å². The average molecular weight is 282 g/mol. The van der Waals surface area contributed by atoms with Crippen molar-refractivity contribution < 1.29 is 4.74 Å². The van der Waals surface area contributed by atoms with Crippen molar-refractivity contribution in [2.45, 2.75) is 19.4 Å². The highest BCUT2D eigenvalue weighted by molar-refractivity contribution is 5.58. The second kappa shape index (κ2) is 6.19. The minimum atomic E-state index is 0.0202. The predicted molar refractivity (Wildman–Crippen MR) is 86.9 cm³/mol. The van der Waals surface area contributed by atoms with Crippen molar-refractivity contribution >= 4 is 5.69 Å². The van der Waals surface area contributed by atoms with Crippen LogP contribution in [0.1, 0.15) is 24.1 Å². The van der Waals surface area contributed by atoms with Gasteiger partial charge in [-0.05, 0) is 42.7 Å². The van der Waals surface area contributed by atoms with Gasteiger partial charge in [-0.3, -0.25) is 0 Å². The lowest BCUT2D eigenvalue weighted by molar-refractivity contribution is 0.340. The number of hydrogen-bond acceptors (Lipinski definition) is 3. The number of hydrogen-bond donors (Lipinski definition) is 1. The fourth-order valence-corrected chi connectivity index (χ4v) is 2.92. The molecule has 2 aromatic rings. The summed E-state index contributed by atoms with van der Waals surface area (Å²) < 4.78 is 5.47. The Kier molecular flexibility index (Phi) is 4.11. The van der Waals surface area contributed by atoms with Crippen molar-refractivity contribution in [1.29, 1.82) is 0 Å². The molecule has 3 rings (SSSR count). The number of ether oxygens (including phenoxy) is 1. The van der Waals surface area contributed by atoms with Gasteiger partial charge >= 0.3 is 0 Å². The minimum absolute atomic E-state index is 0.0202. The van der Waals surface area contributed by atoms with E-state index in [0.29, 0.717) is 6.61 Å². The van der Waals surface area contributed by atoms with E-state index in [9.17, 15) is 0 Å². The smallest absolute Gasteiger partial charge is 0.119 e. The van der Waals surface area contributed by atoms with Gasteiger partial charge in [-0.25, -0.2) is 0 Å². The summed E-state index contributed by atoms with van der Waals surface area (Å²) in [5.74, 6) is 0.903. The predicted octanol–water partition coefficient (Wildman–Crippen LogP) is 3.15. The maximum Gasteiger partial charge on any atom is 0.119 e. The van der Waals surface area contributed by atoms with Crippen LogP contribution < -0.4 is 15.4 Å². The van der Waals surface area contributed by atoms with E-state index < -0.39 is 0 Å². The molecule has 2 aromatic carbocycles. The first-order chi connectivity index (χ1) is 10.3. The Labute approximate surface area is 126 Å². The molecule has 3 heteroatoms. The first-order valence-corrected chi connectivity index (χ1v) is 7.59. The Balaban J connectivity index is 1.68. The molecule has 2 N–H and O–H groups in total. The van der Waals surface area contributed by atoms with Gasteiger partial charge in [0.05, 0.1) is 6.61 Å². The minimum Gasteiger partial charge on any atom is -0.494 e. The Morgan fingerprint density at radius 2 is 1.90 bits per heavy atom. The van der Waals surface area contributed by atoms with Crippen LogP contribution in [0, 0.1) is 0 Å². The fourth-order valence-electron chi connectivity index (χ4n) is 2.92. The third-order valence-corrected chi connectivity index (χ3v) is 4.02. The molecule has 0 bridgehead atoms. The van der Waals surface area contributed by atoms with E-state index in [0.717, 1.165) is 30.8 Å². The Hall–Kier alpha value is -2.00. The topological polar surface area (TPSA) is 38.5 Å². The van der Waals surface area contributed by atoms with Gasteiger partial charge in [0.15, 0.2) is 0 Å². The zero-order valence-electron chi connectivity index (χ0n) is 12.5. The quantitative estimate of drug-likeness (QED) is 0.915. The van der Waals surface area contributed by atoms with Crippen molar-refractivity contribution in [2.75, 3.05) is 24.6 Å². The monoisotopic (exact) mass is 282 g/mol. The van der Waals surface area contributed by atoms with Crippen molar-refractivity contribution in [3.63, 3.8) is 0 Å². The molecule has 3 nitrogen and oxygen atoms in total. The number of fused-ring (bicyclic) bond motifs is 1. The summed E-state index contributed by atoms with van der Waals surface area (Å²) in [5, 5.41) is 0. The highest BCUT2D eigenvalue weighted by Crippen LogP contribution is 2.29. The number of nitrogens with two attached hydrogens (primary N) is 1. The lowest BCUT2D eigenvalue weighted by Crippen LogP contribution is -2.30. The van der Waals surface area contributed by atoms with Gasteiger partial charge in [0.25, 0.3) is 0 Å². The van der Waals surface area contributed by atoms with Crippen LogP contribution in [0.4, 0.5) is 5.69 Å². The number of nitrogens with zero attached hydrogens (tertiary/aromatic N) is 1. The highest BCUT2D eigenvalue weighted by Gasteiger charge is 2.20. The molecule has 0 saturated heterocycles. The number of benzene rings is 2. The van der Waals surface area contributed by atoms with Gasteiger partial charge in [0.2, 0.25) is 0 Å². The largest absolute Gasteiger partial charge is 0.494 e. The molecule has 1 unspecified atom stereocenters. The summed E-state index contributed by atoms with van der Waals surface area (Å²) in [7, 11) is 0. The molecule has 0 radical (unpaired) electrons. The van der Waals surface area contributed by atoms with E-state index in [-0.39, 0.29) is 6.04 Å². The SMILES string of the molecule is CCOc1ccc(C(N)CN2CCc3ccccc32)cc1. The van der Waals surface area contributed by atoms with Crippen LogP contribution in [-0.4, -0.2) is 19.7 Å². The Bertz CT molecular complexity index is 594. The van der Waals surface area contributed by atoms with Crippen LogP contribution in [-0.2, 0) is 6.42 Å². The molecule has 1 atom stereocenters. The first kappa shape index (κ1) is 14.0. The van der Waals surface area contributed by atoms with E-state index in [1.54, 1.807) is 0 Å². The standard InChI is InChI=1S/C18H22N2O/c1-2-21-16-9-7-14(8-10-16)17(19)13-20-12-11-15-5-3-4-6-18(15)20/h3-10,17H,2,11-13,19H2,1H3. The molecule has 1 aliphatic heterocycles. The molecule has 0 amide bonds. The molecule has 0 spiro atoms. The Morgan fingerprint density at radius 3 is 2.67 bits per heavy atom. The lowest BCUT2D eigenvalue weighted by atomic mass is 10.1. The summed E-state index contributed by atoms with van der Waals surface area (Å²) in [5.41, 5.74) is 10.3. The summed E-state index contributed by atoms with van der Waals surface area (Å²) in [6, 6.07) is 16.7. The van der Waals surface area contributed by atoms with E-state index in [2.05, 4.69) is 41.3 Å². The average Bonchev–Trinajstić information content (AvgIpc) is 2.92. The van der Waals surface area contributed by atoms with E-state index in [4.69, 9.17) is 10.5 Å². The van der Waals surface area contributed by atoms with Crippen LogP contribution in [0.3, 0.4) is 0 Å². The molecule has 0 aliphatic carbocycles. The number of rotatable bonds is 5. The van der Waals surface area contributed by atoms with Gasteiger partial charge < -0.3 is 15.4 Å². The molecule has 1 heterocycles. The molecule has 110 valence electrons. The number of para-hydroxylation sites is 1. The molecular weight excluding hydrogens is 260 g/mol. The summed E-state index contributed by atoms with van der Waals surface area (Å²) in [6.07, 6.45) is 1.12. The zero-order chi connectivity index (χ0) is 14.7. The van der Waals surface area contributed by atoms with Crippen molar-refractivity contribution in [3.8, 4) is 5.75 Å². The normalized spacial score (nSPS) is 14.9. The van der Waals surface area contributed by atoms with Crippen molar-refractivity contribution in [3.05, 3.63) is 59.7 Å². The molecule has 0 aromatic heterocycles. The van der Waals surface area contributed by atoms with E-state index in [1.807, 2.05) is 19.1 Å². The van der Waals surface area contributed by atoms with Crippen LogP contribution >= 0.6 is 0 Å². The van der Waals surface area contributed by atoms with Crippen LogP contribution in [0.25, 0.3) is 0 Å². The summed E-state index contributed by atoms with van der Waals surface area (Å²) in [6.45, 7) is 4.59. The number of anilines is 1. The lowest BCUT2D eigenvalue weighted by Gasteiger charge is -2.24. The van der Waals surface area contributed by atoms with E-state index >= 15 is 0 Å². The third-order valence-electron chi connectivity index (χ3n) is 4.02. The van der Waals surface area contributed by atoms with Crippen molar-refractivity contribution in [2.24, 2.45) is 5.73 Å². The fraction of sp³-hybridized carbons (Fsp3) is 0.333. The van der Waals surface area contributed by atoms with Crippen LogP contribution in [0.15, 0.2) is 48.5 Å². The van der Waals surface area contributed by atoms with Gasteiger partial charge in [-0.15, -0.1) is 0 Å². The second-order valence-electron chi connectivity index (χ2n) is 5.43. The first-order valence-electron chi connectivity index (χ1n) is 7.59. The maximum absolute atomic E-state index is 6.37. The van der Waals surface area contributed by atoms with E-state index in [1.165, 1.54) is 11.3 Å². The third kappa shape index (κ3) is 3.03. The van der Waals surface area contributed by atoms with Crippen LogP contribution in [0.2, 0.25) is 0 Å². The second-order valence-corrected chi connectivity index (χ2v) is 5.43. The van der Waals surface area contributed by atoms with Gasteiger partial charge in [-0.1, -0.05) is 30.3 Å². The summed E-state index contributed by atoms with van der Waals surface area (Å²) in [4.78, 5) is 2.39.